The highest BCUT2D eigenvalue weighted by molar-refractivity contribution is 5.92. The predicted molar refractivity (Wildman–Crippen MR) is 123 cm³/mol. The maximum atomic E-state index is 14.3. The molecule has 0 bridgehead atoms. The standard InChI is InChI=1S/C27H39NO/c1-22(28(3)4)21-27(24-16-10-6-11-17-24,26(2)18-12-7-13-19-26)25(29)20-23-14-8-5-9-15-23/h6-7,10-13,16-18,22-23H,5,8-9,14-15,19-21H2,1-4H3/t22-,26+,27?/m0/s1. The Hall–Kier alpha value is -1.67. The second-order valence-corrected chi connectivity index (χ2v) is 9.83. The van der Waals surface area contributed by atoms with Gasteiger partial charge in [0.2, 0.25) is 0 Å². The van der Waals surface area contributed by atoms with E-state index in [1.54, 1.807) is 0 Å². The molecule has 2 aliphatic carbocycles. The van der Waals surface area contributed by atoms with Crippen molar-refractivity contribution in [2.24, 2.45) is 11.3 Å². The Kier molecular flexibility index (Phi) is 7.16. The van der Waals surface area contributed by atoms with E-state index in [4.69, 9.17) is 0 Å². The second kappa shape index (κ2) is 9.43. The molecule has 0 radical (unpaired) electrons. The highest BCUT2D eigenvalue weighted by Crippen LogP contribution is 2.52. The molecule has 3 atom stereocenters. The van der Waals surface area contributed by atoms with Crippen molar-refractivity contribution in [3.8, 4) is 0 Å². The maximum Gasteiger partial charge on any atom is 0.144 e. The molecule has 1 unspecified atom stereocenters. The summed E-state index contributed by atoms with van der Waals surface area (Å²) in [7, 11) is 4.26. The van der Waals surface area contributed by atoms with Crippen molar-refractivity contribution in [2.75, 3.05) is 14.1 Å². The van der Waals surface area contributed by atoms with Crippen LogP contribution in [0.4, 0.5) is 0 Å². The molecule has 0 N–H and O–H groups in total. The number of benzene rings is 1. The first-order valence-electron chi connectivity index (χ1n) is 11.5. The third kappa shape index (κ3) is 4.58. The molecule has 2 aliphatic rings. The summed E-state index contributed by atoms with van der Waals surface area (Å²) in [6.07, 6.45) is 17.6. The summed E-state index contributed by atoms with van der Waals surface area (Å²) in [5, 5.41) is 0. The average Bonchev–Trinajstić information content (AvgIpc) is 2.73. The number of ketones is 1. The Morgan fingerprint density at radius 1 is 1.14 bits per heavy atom. The van der Waals surface area contributed by atoms with E-state index in [-0.39, 0.29) is 5.41 Å². The van der Waals surface area contributed by atoms with Gasteiger partial charge in [0.15, 0.2) is 0 Å². The van der Waals surface area contributed by atoms with Crippen LogP contribution in [0.5, 0.6) is 0 Å². The number of carbonyl (C=O) groups excluding carboxylic acids is 1. The topological polar surface area (TPSA) is 20.3 Å². The van der Waals surface area contributed by atoms with Crippen molar-refractivity contribution >= 4 is 5.78 Å². The van der Waals surface area contributed by atoms with Gasteiger partial charge in [-0.2, -0.15) is 0 Å². The van der Waals surface area contributed by atoms with E-state index >= 15 is 0 Å². The average molecular weight is 394 g/mol. The Morgan fingerprint density at radius 3 is 2.41 bits per heavy atom. The molecular formula is C27H39NO. The minimum atomic E-state index is -0.503. The van der Waals surface area contributed by atoms with Crippen LogP contribution in [0.15, 0.2) is 54.6 Å². The molecule has 1 fully saturated rings. The van der Waals surface area contributed by atoms with Crippen LogP contribution < -0.4 is 0 Å². The van der Waals surface area contributed by atoms with E-state index in [9.17, 15) is 4.79 Å². The van der Waals surface area contributed by atoms with Crippen molar-refractivity contribution in [1.29, 1.82) is 0 Å². The van der Waals surface area contributed by atoms with Crippen molar-refractivity contribution < 1.29 is 4.79 Å². The second-order valence-electron chi connectivity index (χ2n) is 9.83. The van der Waals surface area contributed by atoms with E-state index in [2.05, 4.69) is 87.5 Å². The lowest BCUT2D eigenvalue weighted by atomic mass is 9.53. The lowest BCUT2D eigenvalue weighted by Gasteiger charge is -2.49. The molecule has 1 aromatic carbocycles. The first-order valence-corrected chi connectivity index (χ1v) is 11.5. The molecular weight excluding hydrogens is 354 g/mol. The van der Waals surface area contributed by atoms with Crippen molar-refractivity contribution in [3.63, 3.8) is 0 Å². The lowest BCUT2D eigenvalue weighted by molar-refractivity contribution is -0.130. The summed E-state index contributed by atoms with van der Waals surface area (Å²) < 4.78 is 0. The molecule has 2 heteroatoms. The molecule has 0 heterocycles. The highest BCUT2D eigenvalue weighted by atomic mass is 16.1. The summed E-state index contributed by atoms with van der Waals surface area (Å²) in [5.74, 6) is 1.01. The highest BCUT2D eigenvalue weighted by Gasteiger charge is 2.53. The minimum Gasteiger partial charge on any atom is -0.307 e. The van der Waals surface area contributed by atoms with E-state index in [1.165, 1.54) is 37.7 Å². The summed E-state index contributed by atoms with van der Waals surface area (Å²) >= 11 is 0. The van der Waals surface area contributed by atoms with Crippen LogP contribution in [0.1, 0.15) is 70.8 Å². The molecule has 2 nitrogen and oxygen atoms in total. The van der Waals surface area contributed by atoms with Gasteiger partial charge in [0, 0.05) is 17.9 Å². The fourth-order valence-corrected chi connectivity index (χ4v) is 5.49. The van der Waals surface area contributed by atoms with Gasteiger partial charge in [-0.3, -0.25) is 4.79 Å². The van der Waals surface area contributed by atoms with Crippen LogP contribution in [-0.4, -0.2) is 30.8 Å². The lowest BCUT2D eigenvalue weighted by Crippen LogP contribution is -2.53. The summed E-state index contributed by atoms with van der Waals surface area (Å²) in [6.45, 7) is 4.57. The van der Waals surface area contributed by atoms with Crippen LogP contribution in [0.2, 0.25) is 0 Å². The Bertz CT molecular complexity index is 728. The third-order valence-corrected chi connectivity index (χ3v) is 7.65. The smallest absolute Gasteiger partial charge is 0.144 e. The molecule has 0 aromatic heterocycles. The van der Waals surface area contributed by atoms with Crippen molar-refractivity contribution in [2.45, 2.75) is 76.7 Å². The molecule has 1 aromatic rings. The Morgan fingerprint density at radius 2 is 1.83 bits per heavy atom. The van der Waals surface area contributed by atoms with Crippen LogP contribution in [-0.2, 0) is 10.2 Å². The molecule has 0 aliphatic heterocycles. The quantitative estimate of drug-likeness (QED) is 0.514. The number of allylic oxidation sites excluding steroid dienone is 4. The van der Waals surface area contributed by atoms with Gasteiger partial charge in [0.25, 0.3) is 0 Å². The first kappa shape index (κ1) is 22.0. The Balaban J connectivity index is 2.09. The summed E-state index contributed by atoms with van der Waals surface area (Å²) in [5.41, 5.74) is 0.479. The number of nitrogens with zero attached hydrogens (tertiary/aromatic N) is 1. The fourth-order valence-electron chi connectivity index (χ4n) is 5.49. The van der Waals surface area contributed by atoms with Gasteiger partial charge >= 0.3 is 0 Å². The van der Waals surface area contributed by atoms with Gasteiger partial charge in [-0.1, -0.05) is 93.7 Å². The van der Waals surface area contributed by atoms with Crippen molar-refractivity contribution in [1.82, 2.24) is 4.90 Å². The van der Waals surface area contributed by atoms with Crippen molar-refractivity contribution in [3.05, 3.63) is 60.2 Å². The number of carbonyl (C=O) groups is 1. The Labute approximate surface area is 178 Å². The number of Topliss-reactive ketones (excluding diaryl/α,β-unsaturated/α-hetero) is 1. The predicted octanol–water partition coefficient (Wildman–Crippen LogP) is 6.33. The maximum absolute atomic E-state index is 14.3. The van der Waals surface area contributed by atoms with Crippen LogP contribution >= 0.6 is 0 Å². The molecule has 158 valence electrons. The van der Waals surface area contributed by atoms with E-state index in [1.807, 2.05) is 0 Å². The summed E-state index contributed by atoms with van der Waals surface area (Å²) in [4.78, 5) is 16.6. The number of hydrogen-bond donors (Lipinski definition) is 0. The molecule has 0 saturated heterocycles. The minimum absolute atomic E-state index is 0.209. The van der Waals surface area contributed by atoms with Crippen LogP contribution in [0.25, 0.3) is 0 Å². The zero-order valence-electron chi connectivity index (χ0n) is 18.9. The molecule has 0 amide bonds. The van der Waals surface area contributed by atoms with Gasteiger partial charge in [0.05, 0.1) is 5.41 Å². The first-order chi connectivity index (χ1) is 13.9. The van der Waals surface area contributed by atoms with Gasteiger partial charge < -0.3 is 4.90 Å². The van der Waals surface area contributed by atoms with E-state index < -0.39 is 5.41 Å². The summed E-state index contributed by atoms with van der Waals surface area (Å²) in [6, 6.07) is 11.0. The largest absolute Gasteiger partial charge is 0.307 e. The van der Waals surface area contributed by atoms with Gasteiger partial charge in [0.1, 0.15) is 5.78 Å². The zero-order chi connectivity index (χ0) is 20.9. The number of hydrogen-bond acceptors (Lipinski definition) is 2. The van der Waals surface area contributed by atoms with E-state index in [0.717, 1.165) is 19.3 Å². The molecule has 3 rings (SSSR count). The van der Waals surface area contributed by atoms with Gasteiger partial charge in [-0.05, 0) is 45.3 Å². The third-order valence-electron chi connectivity index (χ3n) is 7.65. The number of rotatable bonds is 8. The monoisotopic (exact) mass is 393 g/mol. The molecule has 1 saturated carbocycles. The SMILES string of the molecule is C[C@@H](CC(C(=O)CC1CCCCC1)(c1ccccc1)[C@]1(C)C=CC=CC1)N(C)C. The van der Waals surface area contributed by atoms with E-state index in [0.29, 0.717) is 17.7 Å². The van der Waals surface area contributed by atoms with Gasteiger partial charge in [-0.15, -0.1) is 0 Å². The van der Waals surface area contributed by atoms with Gasteiger partial charge in [-0.25, -0.2) is 0 Å². The molecule has 29 heavy (non-hydrogen) atoms. The normalized spacial score (nSPS) is 25.7. The van der Waals surface area contributed by atoms with Crippen LogP contribution in [0.3, 0.4) is 0 Å². The molecule has 0 spiro atoms. The van der Waals surface area contributed by atoms with Crippen LogP contribution in [0, 0.1) is 11.3 Å². The fraction of sp³-hybridized carbons (Fsp3) is 0.593. The zero-order valence-corrected chi connectivity index (χ0v) is 18.9.